The zero-order valence-corrected chi connectivity index (χ0v) is 32.6. The van der Waals surface area contributed by atoms with Gasteiger partial charge in [0.15, 0.2) is 0 Å². The predicted molar refractivity (Wildman–Crippen MR) is 198 cm³/mol. The zero-order chi connectivity index (χ0) is 34.4. The number of hydrogen-bond donors (Lipinski definition) is 0. The maximum atomic E-state index is 6.34. The van der Waals surface area contributed by atoms with Gasteiger partial charge < -0.3 is 14.5 Å². The van der Waals surface area contributed by atoms with Crippen molar-refractivity contribution >= 4 is 11.4 Å². The summed E-state index contributed by atoms with van der Waals surface area (Å²) in [5.41, 5.74) is 9.97. The van der Waals surface area contributed by atoms with Crippen molar-refractivity contribution in [1.82, 2.24) is 9.78 Å². The second-order valence-electron chi connectivity index (χ2n) is 15.3. The number of ether oxygens (including phenoxy) is 1. The van der Waals surface area contributed by atoms with Crippen LogP contribution in [-0.4, -0.2) is 9.78 Å². The van der Waals surface area contributed by atoms with Crippen molar-refractivity contribution in [3.8, 4) is 17.2 Å². The molecule has 258 valence electrons. The Kier molecular flexibility index (Phi) is 10.1. The minimum Gasteiger partial charge on any atom is -0.509 e. The molecule has 1 aliphatic rings. The van der Waals surface area contributed by atoms with E-state index in [4.69, 9.17) is 9.84 Å². The number of benzene rings is 4. The molecule has 1 aliphatic heterocycles. The van der Waals surface area contributed by atoms with Crippen LogP contribution >= 0.6 is 0 Å². The van der Waals surface area contributed by atoms with Crippen LogP contribution in [0.3, 0.4) is 0 Å². The van der Waals surface area contributed by atoms with Crippen LogP contribution in [-0.2, 0) is 37.3 Å². The molecule has 2 heterocycles. The van der Waals surface area contributed by atoms with Crippen LogP contribution in [0.5, 0.6) is 11.5 Å². The van der Waals surface area contributed by atoms with E-state index in [1.807, 2.05) is 41.1 Å². The molecule has 6 rings (SSSR count). The van der Waals surface area contributed by atoms with Gasteiger partial charge in [0, 0.05) is 54.9 Å². The Morgan fingerprint density at radius 1 is 0.633 bits per heavy atom. The van der Waals surface area contributed by atoms with Crippen molar-refractivity contribution in [2.24, 2.45) is 0 Å². The molecular weight excluding hydrogens is 784 g/mol. The summed E-state index contributed by atoms with van der Waals surface area (Å²) in [7, 11) is 0. The molecule has 0 spiro atoms. The Bertz CT molecular complexity index is 1930. The second kappa shape index (κ2) is 13.7. The standard InChI is InChI=1S/C43H47N4O.Pt/c1-30-40(43(9,10)32-16-12-11-13-17-32)31(2)47(44-30)36-19-15-21-39(28-36)48-38-20-14-18-35(27-38)45-22-23-46(29-45)37-25-33(41(3,4)5)24-34(26-37)42(6,7)8;/h11-26,29H,1-10H3;/q-3;. The zero-order valence-electron chi connectivity index (χ0n) is 30.3. The van der Waals surface area contributed by atoms with Gasteiger partial charge in [-0.2, -0.15) is 17.2 Å². The van der Waals surface area contributed by atoms with Gasteiger partial charge in [-0.25, -0.2) is 0 Å². The van der Waals surface area contributed by atoms with E-state index in [1.165, 1.54) is 22.3 Å². The number of aryl methyl sites for hydroxylation is 1. The molecule has 5 aromatic rings. The molecule has 0 amide bonds. The fourth-order valence-electron chi connectivity index (χ4n) is 6.44. The number of rotatable bonds is 7. The SMILES string of the molecule is Cc1nn(-c2[c-]c(Oc3[c-]c(N4C=CN(c5cc(C(C)(C)C)cc(C(C)(C)C)c5)[CH-]4)ccc3)ccc2)c(C)c1C(C)(C)c1ccccc1.[Pt]. The summed E-state index contributed by atoms with van der Waals surface area (Å²) in [5, 5.41) is 4.96. The molecule has 0 N–H and O–H groups in total. The van der Waals surface area contributed by atoms with Crippen LogP contribution in [0.2, 0.25) is 0 Å². The Morgan fingerprint density at radius 3 is 1.78 bits per heavy atom. The second-order valence-corrected chi connectivity index (χ2v) is 15.3. The molecule has 0 bridgehead atoms. The molecule has 0 saturated heterocycles. The fraction of sp³-hybridized carbons (Fsp3) is 0.302. The third-order valence-corrected chi connectivity index (χ3v) is 9.23. The molecule has 0 radical (unpaired) electrons. The molecule has 5 nitrogen and oxygen atoms in total. The van der Waals surface area contributed by atoms with Gasteiger partial charge in [0.1, 0.15) is 0 Å². The Morgan fingerprint density at radius 2 is 1.18 bits per heavy atom. The van der Waals surface area contributed by atoms with E-state index in [1.54, 1.807) is 0 Å². The van der Waals surface area contributed by atoms with E-state index in [9.17, 15) is 0 Å². The minimum atomic E-state index is -0.196. The first kappa shape index (κ1) is 36.2. The van der Waals surface area contributed by atoms with Gasteiger partial charge in [-0.15, -0.1) is 48.8 Å². The maximum absolute atomic E-state index is 6.34. The van der Waals surface area contributed by atoms with Crippen molar-refractivity contribution in [1.29, 1.82) is 0 Å². The van der Waals surface area contributed by atoms with Crippen LogP contribution in [0.25, 0.3) is 5.69 Å². The molecule has 1 aromatic heterocycles. The van der Waals surface area contributed by atoms with Gasteiger partial charge in [-0.3, -0.25) is 4.68 Å². The van der Waals surface area contributed by atoms with E-state index in [0.717, 1.165) is 28.5 Å². The van der Waals surface area contributed by atoms with E-state index in [-0.39, 0.29) is 37.3 Å². The summed E-state index contributed by atoms with van der Waals surface area (Å²) >= 11 is 0. The normalized spacial score (nSPS) is 13.5. The summed E-state index contributed by atoms with van der Waals surface area (Å²) in [6, 6.07) is 36.3. The largest absolute Gasteiger partial charge is 0.509 e. The van der Waals surface area contributed by atoms with Gasteiger partial charge in [-0.1, -0.05) is 91.8 Å². The van der Waals surface area contributed by atoms with E-state index < -0.39 is 0 Å². The first-order valence-electron chi connectivity index (χ1n) is 16.7. The quantitative estimate of drug-likeness (QED) is 0.153. The molecule has 0 aliphatic carbocycles. The van der Waals surface area contributed by atoms with Gasteiger partial charge >= 0.3 is 0 Å². The number of nitrogens with zero attached hydrogens (tertiary/aromatic N) is 4. The van der Waals surface area contributed by atoms with E-state index in [0.29, 0.717) is 11.5 Å². The van der Waals surface area contributed by atoms with Crippen molar-refractivity contribution in [3.05, 3.63) is 150 Å². The van der Waals surface area contributed by atoms with Crippen molar-refractivity contribution in [2.45, 2.75) is 85.5 Å². The third kappa shape index (κ3) is 7.58. The number of anilines is 2. The minimum absolute atomic E-state index is 0. The molecule has 0 atom stereocenters. The maximum Gasteiger partial charge on any atom is 0.0640 e. The van der Waals surface area contributed by atoms with Crippen LogP contribution in [0, 0.1) is 32.6 Å². The molecule has 6 heteroatoms. The number of hydrogen-bond acceptors (Lipinski definition) is 4. The van der Waals surface area contributed by atoms with Gasteiger partial charge in [0.05, 0.1) is 5.69 Å². The molecular formula is C43H47N4OPt-3. The van der Waals surface area contributed by atoms with Gasteiger partial charge in [-0.05, 0) is 71.6 Å². The van der Waals surface area contributed by atoms with Crippen LogP contribution < -0.4 is 14.5 Å². The van der Waals surface area contributed by atoms with Crippen molar-refractivity contribution in [3.63, 3.8) is 0 Å². The van der Waals surface area contributed by atoms with E-state index >= 15 is 0 Å². The molecule has 0 saturated carbocycles. The molecule has 0 unspecified atom stereocenters. The Hall–Kier alpha value is -4.08. The number of aromatic nitrogens is 2. The van der Waals surface area contributed by atoms with Gasteiger partial charge in [0.2, 0.25) is 0 Å². The summed E-state index contributed by atoms with van der Waals surface area (Å²) < 4.78 is 8.31. The van der Waals surface area contributed by atoms with Crippen LogP contribution in [0.4, 0.5) is 11.4 Å². The summed E-state index contributed by atoms with van der Waals surface area (Å²) in [6.07, 6.45) is 4.15. The smallest absolute Gasteiger partial charge is 0.0640 e. The molecule has 4 aromatic carbocycles. The van der Waals surface area contributed by atoms with Crippen molar-refractivity contribution in [2.75, 3.05) is 9.80 Å². The summed E-state index contributed by atoms with van der Waals surface area (Å²) in [4.78, 5) is 4.24. The first-order valence-corrected chi connectivity index (χ1v) is 16.7. The topological polar surface area (TPSA) is 33.5 Å². The summed E-state index contributed by atoms with van der Waals surface area (Å²) in [5.74, 6) is 1.22. The Labute approximate surface area is 307 Å². The molecule has 0 fully saturated rings. The predicted octanol–water partition coefficient (Wildman–Crippen LogP) is 10.7. The first-order chi connectivity index (χ1) is 22.6. The van der Waals surface area contributed by atoms with Crippen molar-refractivity contribution < 1.29 is 25.8 Å². The fourth-order valence-corrected chi connectivity index (χ4v) is 6.44. The third-order valence-electron chi connectivity index (χ3n) is 9.23. The van der Waals surface area contributed by atoms with E-state index in [2.05, 4.69) is 159 Å². The monoisotopic (exact) mass is 830 g/mol. The van der Waals surface area contributed by atoms with Crippen LogP contribution in [0.1, 0.15) is 89.0 Å². The van der Waals surface area contributed by atoms with Gasteiger partial charge in [0.25, 0.3) is 0 Å². The van der Waals surface area contributed by atoms with Crippen LogP contribution in [0.15, 0.2) is 97.3 Å². The Balaban J connectivity index is 0.00000468. The average molecular weight is 831 g/mol. The summed E-state index contributed by atoms with van der Waals surface area (Å²) in [6.45, 7) is 24.4. The molecule has 49 heavy (non-hydrogen) atoms. The average Bonchev–Trinajstić information content (AvgIpc) is 3.65.